The number of hydrogen-bond acceptors (Lipinski definition) is 5. The van der Waals surface area contributed by atoms with Crippen LogP contribution in [-0.2, 0) is 4.74 Å². The van der Waals surface area contributed by atoms with Crippen molar-refractivity contribution < 1.29 is 18.7 Å². The van der Waals surface area contributed by atoms with Crippen LogP contribution in [-0.4, -0.2) is 18.4 Å². The normalized spacial score (nSPS) is 11.3. The zero-order valence-electron chi connectivity index (χ0n) is 16.0. The van der Waals surface area contributed by atoms with Crippen LogP contribution >= 0.6 is 11.3 Å². The van der Waals surface area contributed by atoms with Gasteiger partial charge in [-0.1, -0.05) is 26.8 Å². The molecule has 0 aliphatic heterocycles. The van der Waals surface area contributed by atoms with Crippen molar-refractivity contribution in [3.05, 3.63) is 45.6 Å². The van der Waals surface area contributed by atoms with Crippen LogP contribution in [0.4, 0.5) is 15.1 Å². The van der Waals surface area contributed by atoms with Crippen LogP contribution in [0.2, 0.25) is 0 Å². The van der Waals surface area contributed by atoms with Crippen LogP contribution in [0.3, 0.4) is 0 Å². The molecule has 26 heavy (non-hydrogen) atoms. The van der Waals surface area contributed by atoms with Crippen LogP contribution in [0.1, 0.15) is 58.9 Å². The summed E-state index contributed by atoms with van der Waals surface area (Å²) < 4.78 is 19.4. The molecule has 0 unspecified atom stereocenters. The fraction of sp³-hybridized carbons (Fsp3) is 0.400. The smallest absolute Gasteiger partial charge is 0.341 e. The van der Waals surface area contributed by atoms with E-state index in [4.69, 9.17) is 4.74 Å². The lowest BCUT2D eigenvalue weighted by atomic mass is 9.88. The maximum absolute atomic E-state index is 14.2. The number of carbonyl (C=O) groups is 2. The second-order valence-electron chi connectivity index (χ2n) is 7.17. The Kier molecular flexibility index (Phi) is 5.86. The fourth-order valence-electron chi connectivity index (χ4n) is 2.45. The zero-order valence-corrected chi connectivity index (χ0v) is 16.8. The van der Waals surface area contributed by atoms with E-state index in [1.54, 1.807) is 32.9 Å². The number of Topliss-reactive ketones (excluding diaryl/α,β-unsaturated/α-hetero) is 1. The maximum Gasteiger partial charge on any atom is 0.341 e. The molecule has 0 fully saturated rings. The van der Waals surface area contributed by atoms with Gasteiger partial charge in [-0.15, -0.1) is 11.3 Å². The maximum atomic E-state index is 14.2. The molecule has 0 aliphatic carbocycles. The van der Waals surface area contributed by atoms with Gasteiger partial charge in [0.25, 0.3) is 0 Å². The van der Waals surface area contributed by atoms with Crippen LogP contribution < -0.4 is 5.32 Å². The van der Waals surface area contributed by atoms with E-state index in [1.165, 1.54) is 6.07 Å². The molecule has 1 aromatic carbocycles. The Morgan fingerprint density at radius 1 is 1.23 bits per heavy atom. The van der Waals surface area contributed by atoms with Gasteiger partial charge in [0.2, 0.25) is 0 Å². The summed E-state index contributed by atoms with van der Waals surface area (Å²) >= 11 is 1.15. The molecule has 0 amide bonds. The Labute approximate surface area is 157 Å². The Balaban J connectivity index is 2.56. The van der Waals surface area contributed by atoms with Gasteiger partial charge >= 0.3 is 5.97 Å². The first-order valence-corrected chi connectivity index (χ1v) is 9.26. The predicted molar refractivity (Wildman–Crippen MR) is 103 cm³/mol. The minimum absolute atomic E-state index is 0.0667. The highest BCUT2D eigenvalue weighted by atomic mass is 32.1. The highest BCUT2D eigenvalue weighted by Gasteiger charge is 2.31. The summed E-state index contributed by atoms with van der Waals surface area (Å²) in [7, 11) is 0. The van der Waals surface area contributed by atoms with Gasteiger partial charge in [0, 0.05) is 5.41 Å². The highest BCUT2D eigenvalue weighted by Crippen LogP contribution is 2.39. The first kappa shape index (κ1) is 20.1. The SMILES string of the molecule is CCOC(=O)c1c(Nc2ccc(C)cc2F)sc(C(=O)C(C)(C)C)c1C. The number of carbonyl (C=O) groups excluding carboxylic acids is 2. The monoisotopic (exact) mass is 377 g/mol. The minimum Gasteiger partial charge on any atom is -0.462 e. The zero-order chi connectivity index (χ0) is 19.6. The second-order valence-corrected chi connectivity index (χ2v) is 8.19. The van der Waals surface area contributed by atoms with Crippen molar-refractivity contribution in [2.45, 2.75) is 41.5 Å². The molecule has 0 bridgehead atoms. The largest absolute Gasteiger partial charge is 0.462 e. The number of rotatable bonds is 5. The lowest BCUT2D eigenvalue weighted by Gasteiger charge is -2.15. The molecule has 0 spiro atoms. The Hall–Kier alpha value is -2.21. The molecule has 0 radical (unpaired) electrons. The number of aryl methyl sites for hydroxylation is 1. The second kappa shape index (κ2) is 7.58. The molecule has 0 saturated heterocycles. The third-order valence-corrected chi connectivity index (χ3v) is 5.09. The van der Waals surface area contributed by atoms with Gasteiger partial charge in [0.15, 0.2) is 5.78 Å². The Bertz CT molecular complexity index is 849. The minimum atomic E-state index is -0.589. The quantitative estimate of drug-likeness (QED) is 0.540. The first-order valence-electron chi connectivity index (χ1n) is 8.44. The van der Waals surface area contributed by atoms with Gasteiger partial charge < -0.3 is 10.1 Å². The molecule has 0 atom stereocenters. The summed E-state index contributed by atoms with van der Waals surface area (Å²) in [6.07, 6.45) is 0. The van der Waals surface area contributed by atoms with Gasteiger partial charge in [0.1, 0.15) is 10.8 Å². The van der Waals surface area contributed by atoms with Gasteiger partial charge in [-0.2, -0.15) is 0 Å². The molecule has 1 N–H and O–H groups in total. The molecule has 2 rings (SSSR count). The molecular weight excluding hydrogens is 353 g/mol. The van der Waals surface area contributed by atoms with E-state index in [2.05, 4.69) is 5.32 Å². The molecule has 4 nitrogen and oxygen atoms in total. The van der Waals surface area contributed by atoms with Gasteiger partial charge in [0.05, 0.1) is 22.7 Å². The van der Waals surface area contributed by atoms with Gasteiger partial charge in [-0.05, 0) is 44.0 Å². The van der Waals surface area contributed by atoms with E-state index in [0.717, 1.165) is 16.9 Å². The topological polar surface area (TPSA) is 55.4 Å². The van der Waals surface area contributed by atoms with E-state index in [-0.39, 0.29) is 23.6 Å². The first-order chi connectivity index (χ1) is 12.1. The number of anilines is 2. The third-order valence-electron chi connectivity index (χ3n) is 3.89. The van der Waals surface area contributed by atoms with E-state index < -0.39 is 17.2 Å². The summed E-state index contributed by atoms with van der Waals surface area (Å²) in [6.45, 7) is 10.9. The summed E-state index contributed by atoms with van der Waals surface area (Å²) in [5.41, 5.74) is 1.29. The van der Waals surface area contributed by atoms with Crippen LogP contribution in [0.15, 0.2) is 18.2 Å². The summed E-state index contributed by atoms with van der Waals surface area (Å²) in [4.78, 5) is 25.7. The van der Waals surface area contributed by atoms with Crippen molar-refractivity contribution in [1.29, 1.82) is 0 Å². The van der Waals surface area contributed by atoms with Crippen molar-refractivity contribution in [2.24, 2.45) is 5.41 Å². The molecule has 140 valence electrons. The van der Waals surface area contributed by atoms with Gasteiger partial charge in [-0.3, -0.25) is 4.79 Å². The molecule has 0 aliphatic rings. The predicted octanol–water partition coefficient (Wildman–Crippen LogP) is 5.65. The summed E-state index contributed by atoms with van der Waals surface area (Å²) in [5.74, 6) is -1.01. The number of halogens is 1. The lowest BCUT2D eigenvalue weighted by molar-refractivity contribution is 0.0527. The molecule has 0 saturated carbocycles. The van der Waals surface area contributed by atoms with Crippen LogP contribution in [0.5, 0.6) is 0 Å². The average Bonchev–Trinajstić information content (AvgIpc) is 2.85. The lowest BCUT2D eigenvalue weighted by Crippen LogP contribution is -2.20. The summed E-state index contributed by atoms with van der Waals surface area (Å²) in [5, 5.41) is 3.38. The third kappa shape index (κ3) is 4.12. The number of ketones is 1. The van der Waals surface area contributed by atoms with Crippen molar-refractivity contribution in [3.63, 3.8) is 0 Å². The van der Waals surface area contributed by atoms with Crippen molar-refractivity contribution in [3.8, 4) is 0 Å². The molecule has 6 heteroatoms. The van der Waals surface area contributed by atoms with Crippen molar-refractivity contribution in [1.82, 2.24) is 0 Å². The van der Waals surface area contributed by atoms with Crippen molar-refractivity contribution >= 4 is 33.8 Å². The number of ether oxygens (including phenoxy) is 1. The number of nitrogens with one attached hydrogen (secondary N) is 1. The molecule has 2 aromatic rings. The molecule has 1 heterocycles. The average molecular weight is 377 g/mol. The number of esters is 1. The van der Waals surface area contributed by atoms with Gasteiger partial charge in [-0.25, -0.2) is 9.18 Å². The van der Waals surface area contributed by atoms with Crippen molar-refractivity contribution in [2.75, 3.05) is 11.9 Å². The molecular formula is C20H24FNO3S. The molecule has 1 aromatic heterocycles. The highest BCUT2D eigenvalue weighted by molar-refractivity contribution is 7.18. The number of benzene rings is 1. The van der Waals surface area contributed by atoms with Crippen LogP contribution in [0.25, 0.3) is 0 Å². The fourth-order valence-corrected chi connectivity index (χ4v) is 3.81. The Morgan fingerprint density at radius 2 is 1.88 bits per heavy atom. The summed E-state index contributed by atoms with van der Waals surface area (Å²) in [6, 6.07) is 4.80. The van der Waals surface area contributed by atoms with E-state index in [9.17, 15) is 14.0 Å². The number of thiophene rings is 1. The Morgan fingerprint density at radius 3 is 2.42 bits per heavy atom. The number of hydrogen-bond donors (Lipinski definition) is 1. The van der Waals surface area contributed by atoms with E-state index in [1.807, 2.05) is 20.8 Å². The van der Waals surface area contributed by atoms with E-state index >= 15 is 0 Å². The standard InChI is InChI=1S/C20H24FNO3S/c1-7-25-19(24)15-12(3)16(17(23)20(4,5)6)26-18(15)22-14-9-8-11(2)10-13(14)21/h8-10,22H,7H2,1-6H3. The van der Waals surface area contributed by atoms with E-state index in [0.29, 0.717) is 15.4 Å². The van der Waals surface area contributed by atoms with Crippen LogP contribution in [0, 0.1) is 25.1 Å².